The summed E-state index contributed by atoms with van der Waals surface area (Å²) in [6.45, 7) is 0.646. The highest BCUT2D eigenvalue weighted by Gasteiger charge is 2.29. The summed E-state index contributed by atoms with van der Waals surface area (Å²) in [6.07, 6.45) is 0. The first-order chi connectivity index (χ1) is 11.4. The summed E-state index contributed by atoms with van der Waals surface area (Å²) in [4.78, 5) is 1.70. The van der Waals surface area contributed by atoms with Crippen molar-refractivity contribution in [2.45, 2.75) is 4.90 Å². The van der Waals surface area contributed by atoms with E-state index in [0.717, 1.165) is 12.1 Å². The van der Waals surface area contributed by atoms with Crippen molar-refractivity contribution in [2.75, 3.05) is 31.1 Å². The smallest absolute Gasteiger partial charge is 0.243 e. The lowest BCUT2D eigenvalue weighted by Crippen LogP contribution is -2.49. The van der Waals surface area contributed by atoms with Crippen molar-refractivity contribution in [1.29, 1.82) is 0 Å². The van der Waals surface area contributed by atoms with E-state index in [2.05, 4.69) is 0 Å². The van der Waals surface area contributed by atoms with Gasteiger partial charge in [-0.25, -0.2) is 21.6 Å². The molecule has 0 spiro atoms. The Morgan fingerprint density at radius 1 is 0.792 bits per heavy atom. The molecule has 0 aliphatic carbocycles. The Balaban J connectivity index is 1.76. The summed E-state index contributed by atoms with van der Waals surface area (Å²) in [5.74, 6) is -4.03. The molecular weight excluding hydrogens is 341 g/mol. The van der Waals surface area contributed by atoms with E-state index in [4.69, 9.17) is 0 Å². The lowest BCUT2D eigenvalue weighted by molar-refractivity contribution is 0.380. The van der Waals surface area contributed by atoms with Crippen LogP contribution >= 0.6 is 0 Å². The Morgan fingerprint density at radius 3 is 2.04 bits per heavy atom. The molecule has 0 saturated carbocycles. The Hall–Kier alpha value is -2.06. The van der Waals surface area contributed by atoms with Crippen molar-refractivity contribution in [3.63, 3.8) is 0 Å². The van der Waals surface area contributed by atoms with Crippen molar-refractivity contribution in [2.24, 2.45) is 0 Å². The Morgan fingerprint density at radius 2 is 1.42 bits per heavy atom. The second-order valence-electron chi connectivity index (χ2n) is 5.40. The van der Waals surface area contributed by atoms with E-state index >= 15 is 0 Å². The van der Waals surface area contributed by atoms with Crippen LogP contribution in [0, 0.1) is 17.5 Å². The molecule has 0 amide bonds. The van der Waals surface area contributed by atoms with Crippen LogP contribution in [0.25, 0.3) is 0 Å². The Labute approximate surface area is 138 Å². The van der Waals surface area contributed by atoms with Crippen molar-refractivity contribution in [1.82, 2.24) is 4.31 Å². The van der Waals surface area contributed by atoms with Crippen molar-refractivity contribution in [3.8, 4) is 0 Å². The normalized spacial score (nSPS) is 16.4. The topological polar surface area (TPSA) is 40.6 Å². The first-order valence-electron chi connectivity index (χ1n) is 7.35. The number of rotatable bonds is 3. The van der Waals surface area contributed by atoms with Gasteiger partial charge in [-0.2, -0.15) is 4.31 Å². The van der Waals surface area contributed by atoms with Gasteiger partial charge in [0.05, 0.1) is 10.6 Å². The van der Waals surface area contributed by atoms with Crippen LogP contribution < -0.4 is 4.90 Å². The zero-order valence-electron chi connectivity index (χ0n) is 12.6. The molecule has 8 heteroatoms. The molecule has 0 atom stereocenters. The number of benzene rings is 2. The summed E-state index contributed by atoms with van der Waals surface area (Å²) < 4.78 is 66.6. The predicted octanol–water partition coefficient (Wildman–Crippen LogP) is 2.61. The number of halogens is 3. The lowest BCUT2D eigenvalue weighted by atomic mass is 10.2. The van der Waals surface area contributed by atoms with Crippen LogP contribution in [0.4, 0.5) is 18.9 Å². The van der Waals surface area contributed by atoms with Gasteiger partial charge in [-0.3, -0.25) is 0 Å². The zero-order valence-corrected chi connectivity index (χ0v) is 13.4. The Bertz CT molecular complexity index is 836. The summed E-state index contributed by atoms with van der Waals surface area (Å²) >= 11 is 0. The van der Waals surface area contributed by atoms with E-state index in [-0.39, 0.29) is 36.8 Å². The molecule has 1 aliphatic rings. The highest BCUT2D eigenvalue weighted by atomic mass is 32.2. The minimum absolute atomic E-state index is 0.0642. The second kappa shape index (κ2) is 6.45. The third kappa shape index (κ3) is 2.99. The minimum atomic E-state index is -3.61. The number of anilines is 1. The Kier molecular flexibility index (Phi) is 4.51. The SMILES string of the molecule is O=S(=O)(c1ccccc1)N1CCN(c2ccc(F)c(F)c2F)CC1. The molecule has 1 fully saturated rings. The third-order valence-electron chi connectivity index (χ3n) is 3.98. The van der Waals surface area contributed by atoms with Gasteiger partial charge in [0.15, 0.2) is 17.5 Å². The molecule has 1 saturated heterocycles. The molecule has 128 valence electrons. The molecule has 0 bridgehead atoms. The lowest BCUT2D eigenvalue weighted by Gasteiger charge is -2.35. The van der Waals surface area contributed by atoms with Gasteiger partial charge in [0, 0.05) is 26.2 Å². The summed E-state index contributed by atoms with van der Waals surface area (Å²) in [5, 5.41) is 0. The van der Waals surface area contributed by atoms with Gasteiger partial charge in [-0.05, 0) is 24.3 Å². The minimum Gasteiger partial charge on any atom is -0.366 e. The summed E-state index contributed by atoms with van der Waals surface area (Å²) in [6, 6.07) is 10.0. The average Bonchev–Trinajstić information content (AvgIpc) is 2.61. The third-order valence-corrected chi connectivity index (χ3v) is 5.89. The van der Waals surface area contributed by atoms with Crippen LogP contribution in [-0.4, -0.2) is 38.9 Å². The van der Waals surface area contributed by atoms with Crippen LogP contribution in [0.3, 0.4) is 0 Å². The zero-order chi connectivity index (χ0) is 17.3. The van der Waals surface area contributed by atoms with Gasteiger partial charge >= 0.3 is 0 Å². The van der Waals surface area contributed by atoms with Gasteiger partial charge in [-0.1, -0.05) is 18.2 Å². The van der Waals surface area contributed by atoms with Gasteiger partial charge in [0.1, 0.15) is 0 Å². The number of sulfonamides is 1. The van der Waals surface area contributed by atoms with E-state index in [9.17, 15) is 21.6 Å². The van der Waals surface area contributed by atoms with Crippen molar-refractivity contribution < 1.29 is 21.6 Å². The maximum Gasteiger partial charge on any atom is 0.243 e. The van der Waals surface area contributed by atoms with Crippen molar-refractivity contribution >= 4 is 15.7 Å². The number of nitrogens with zero attached hydrogens (tertiary/aromatic N) is 2. The summed E-state index contributed by atoms with van der Waals surface area (Å²) in [5.41, 5.74) is -0.0642. The first kappa shape index (κ1) is 16.8. The predicted molar refractivity (Wildman–Crippen MR) is 83.7 cm³/mol. The number of hydrogen-bond acceptors (Lipinski definition) is 3. The van der Waals surface area contributed by atoms with Crippen LogP contribution in [0.5, 0.6) is 0 Å². The molecule has 0 radical (unpaired) electrons. The van der Waals surface area contributed by atoms with E-state index in [0.29, 0.717) is 0 Å². The van der Waals surface area contributed by atoms with Gasteiger partial charge in [0.2, 0.25) is 10.0 Å². The molecule has 1 aliphatic heterocycles. The highest BCUT2D eigenvalue weighted by Crippen LogP contribution is 2.26. The fraction of sp³-hybridized carbons (Fsp3) is 0.250. The van der Waals surface area contributed by atoms with E-state index in [1.54, 1.807) is 18.2 Å². The first-order valence-corrected chi connectivity index (χ1v) is 8.79. The number of hydrogen-bond donors (Lipinski definition) is 0. The highest BCUT2D eigenvalue weighted by molar-refractivity contribution is 7.89. The maximum absolute atomic E-state index is 13.9. The molecule has 0 aromatic heterocycles. The molecule has 4 nitrogen and oxygen atoms in total. The van der Waals surface area contributed by atoms with Gasteiger partial charge < -0.3 is 4.90 Å². The molecule has 0 unspecified atom stereocenters. The maximum atomic E-state index is 13.9. The van der Waals surface area contributed by atoms with Crippen molar-refractivity contribution in [3.05, 3.63) is 59.9 Å². The van der Waals surface area contributed by atoms with Crippen LogP contribution in [0.1, 0.15) is 0 Å². The van der Waals surface area contributed by atoms with Crippen LogP contribution in [0.2, 0.25) is 0 Å². The molecule has 24 heavy (non-hydrogen) atoms. The molecule has 2 aromatic carbocycles. The van der Waals surface area contributed by atoms with Gasteiger partial charge in [-0.15, -0.1) is 0 Å². The molecule has 3 rings (SSSR count). The molecule has 0 N–H and O–H groups in total. The fourth-order valence-electron chi connectivity index (χ4n) is 2.67. The van der Waals surface area contributed by atoms with E-state index < -0.39 is 27.5 Å². The van der Waals surface area contributed by atoms with Crippen LogP contribution in [0.15, 0.2) is 47.4 Å². The molecule has 1 heterocycles. The standard InChI is InChI=1S/C16H15F3N2O2S/c17-13-6-7-14(16(19)15(13)18)20-8-10-21(11-9-20)24(22,23)12-4-2-1-3-5-12/h1-7H,8-11H2. The quantitative estimate of drug-likeness (QED) is 0.794. The number of piperazine rings is 1. The average molecular weight is 356 g/mol. The monoisotopic (exact) mass is 356 g/mol. The molecular formula is C16H15F3N2O2S. The fourth-order valence-corrected chi connectivity index (χ4v) is 4.11. The largest absolute Gasteiger partial charge is 0.366 e. The van der Waals surface area contributed by atoms with E-state index in [1.165, 1.54) is 21.3 Å². The second-order valence-corrected chi connectivity index (χ2v) is 7.34. The van der Waals surface area contributed by atoms with Gasteiger partial charge in [0.25, 0.3) is 0 Å². The summed E-state index contributed by atoms with van der Waals surface area (Å²) in [7, 11) is -3.61. The molecule has 2 aromatic rings. The van der Waals surface area contributed by atoms with Crippen LogP contribution in [-0.2, 0) is 10.0 Å². The van der Waals surface area contributed by atoms with E-state index in [1.807, 2.05) is 0 Å².